The Balaban J connectivity index is 2.44. The molecule has 0 saturated heterocycles. The molecule has 1 aromatic carbocycles. The van der Waals surface area contributed by atoms with Gasteiger partial charge in [0.25, 0.3) is 0 Å². The van der Waals surface area contributed by atoms with E-state index in [0.29, 0.717) is 6.61 Å². The monoisotopic (exact) mass is 235 g/mol. The molecule has 17 heavy (non-hydrogen) atoms. The zero-order chi connectivity index (χ0) is 12.5. The predicted octanol–water partition coefficient (Wildman–Crippen LogP) is 2.22. The number of rotatable bonds is 5. The number of hydrogen-bond acceptors (Lipinski definition) is 3. The van der Waals surface area contributed by atoms with Crippen molar-refractivity contribution in [1.82, 2.24) is 0 Å². The first-order valence-corrected chi connectivity index (χ1v) is 6.06. The molecule has 0 radical (unpaired) electrons. The molecule has 3 nitrogen and oxygen atoms in total. The highest BCUT2D eigenvalue weighted by Crippen LogP contribution is 2.53. The lowest BCUT2D eigenvalue weighted by molar-refractivity contribution is 0.181. The van der Waals surface area contributed by atoms with Crippen LogP contribution in [0.4, 0.5) is 0 Å². The van der Waals surface area contributed by atoms with E-state index in [1.165, 1.54) is 5.56 Å². The summed E-state index contributed by atoms with van der Waals surface area (Å²) in [6, 6.07) is 6.40. The number of hydrogen-bond donors (Lipinski definition) is 1. The van der Waals surface area contributed by atoms with E-state index >= 15 is 0 Å². The van der Waals surface area contributed by atoms with Gasteiger partial charge < -0.3 is 15.2 Å². The van der Waals surface area contributed by atoms with Crippen LogP contribution in [0.1, 0.15) is 30.9 Å². The van der Waals surface area contributed by atoms with Crippen LogP contribution in [-0.4, -0.2) is 20.3 Å². The van der Waals surface area contributed by atoms with E-state index in [-0.39, 0.29) is 11.5 Å². The molecule has 0 aromatic heterocycles. The van der Waals surface area contributed by atoms with E-state index in [2.05, 4.69) is 19.1 Å². The summed E-state index contributed by atoms with van der Waals surface area (Å²) in [5, 5.41) is 0. The largest absolute Gasteiger partial charge is 0.496 e. The van der Waals surface area contributed by atoms with Gasteiger partial charge in [0.1, 0.15) is 5.75 Å². The van der Waals surface area contributed by atoms with Crippen LogP contribution in [-0.2, 0) is 16.8 Å². The smallest absolute Gasteiger partial charge is 0.128 e. The zero-order valence-electron chi connectivity index (χ0n) is 10.8. The molecule has 1 unspecified atom stereocenters. The van der Waals surface area contributed by atoms with Gasteiger partial charge in [0.05, 0.1) is 13.7 Å². The summed E-state index contributed by atoms with van der Waals surface area (Å²) in [7, 11) is 3.42. The Morgan fingerprint density at radius 3 is 2.53 bits per heavy atom. The second-order valence-corrected chi connectivity index (χ2v) is 4.88. The summed E-state index contributed by atoms with van der Waals surface area (Å²) >= 11 is 0. The molecule has 1 aliphatic rings. The molecule has 3 heteroatoms. The van der Waals surface area contributed by atoms with Crippen LogP contribution >= 0.6 is 0 Å². The normalized spacial score (nSPS) is 18.8. The molecular formula is C14H21NO2. The lowest BCUT2D eigenvalue weighted by Crippen LogP contribution is -2.32. The number of benzene rings is 1. The Kier molecular flexibility index (Phi) is 3.40. The van der Waals surface area contributed by atoms with Gasteiger partial charge in [0.2, 0.25) is 0 Å². The predicted molar refractivity (Wildman–Crippen MR) is 68.3 cm³/mol. The fraction of sp³-hybridized carbons (Fsp3) is 0.571. The van der Waals surface area contributed by atoms with Crippen molar-refractivity contribution in [3.8, 4) is 5.75 Å². The molecule has 0 amide bonds. The Hall–Kier alpha value is -1.06. The average Bonchev–Trinajstić information content (AvgIpc) is 3.10. The van der Waals surface area contributed by atoms with Crippen LogP contribution in [0.5, 0.6) is 5.75 Å². The standard InChI is InChI=1S/C14H21NO2/c1-10(15)14(7-8-14)12-6-4-5-11(9-16-2)13(12)17-3/h4-6,10H,7-9,15H2,1-3H3. The fourth-order valence-corrected chi connectivity index (χ4v) is 2.59. The van der Waals surface area contributed by atoms with E-state index in [1.807, 2.05) is 6.07 Å². The lowest BCUT2D eigenvalue weighted by atomic mass is 9.87. The van der Waals surface area contributed by atoms with Crippen molar-refractivity contribution in [1.29, 1.82) is 0 Å². The van der Waals surface area contributed by atoms with Gasteiger partial charge in [-0.05, 0) is 19.8 Å². The van der Waals surface area contributed by atoms with Crippen molar-refractivity contribution in [3.05, 3.63) is 29.3 Å². The fourth-order valence-electron chi connectivity index (χ4n) is 2.59. The second-order valence-electron chi connectivity index (χ2n) is 4.88. The van der Waals surface area contributed by atoms with Crippen LogP contribution < -0.4 is 10.5 Å². The summed E-state index contributed by atoms with van der Waals surface area (Å²) < 4.78 is 10.8. The van der Waals surface area contributed by atoms with Gasteiger partial charge in [-0.25, -0.2) is 0 Å². The molecule has 1 atom stereocenters. The topological polar surface area (TPSA) is 44.5 Å². The maximum absolute atomic E-state index is 6.13. The third-order valence-electron chi connectivity index (χ3n) is 3.80. The minimum absolute atomic E-state index is 0.120. The Labute approximate surface area is 103 Å². The van der Waals surface area contributed by atoms with Crippen LogP contribution in [0.15, 0.2) is 18.2 Å². The van der Waals surface area contributed by atoms with Crippen LogP contribution in [0, 0.1) is 0 Å². The first kappa shape index (κ1) is 12.4. The van der Waals surface area contributed by atoms with Gasteiger partial charge in [-0.1, -0.05) is 18.2 Å². The third-order valence-corrected chi connectivity index (χ3v) is 3.80. The molecular weight excluding hydrogens is 214 g/mol. The summed E-state index contributed by atoms with van der Waals surface area (Å²) in [6.45, 7) is 2.65. The molecule has 1 aliphatic carbocycles. The quantitative estimate of drug-likeness (QED) is 0.851. The first-order chi connectivity index (χ1) is 8.15. The molecule has 2 N–H and O–H groups in total. The number of ether oxygens (including phenoxy) is 2. The first-order valence-electron chi connectivity index (χ1n) is 6.06. The molecule has 0 spiro atoms. The summed E-state index contributed by atoms with van der Waals surface area (Å²) in [4.78, 5) is 0. The van der Waals surface area contributed by atoms with E-state index in [1.54, 1.807) is 14.2 Å². The zero-order valence-corrected chi connectivity index (χ0v) is 10.8. The van der Waals surface area contributed by atoms with E-state index in [0.717, 1.165) is 24.2 Å². The Morgan fingerprint density at radius 2 is 2.06 bits per heavy atom. The van der Waals surface area contributed by atoms with Crippen molar-refractivity contribution < 1.29 is 9.47 Å². The van der Waals surface area contributed by atoms with Gasteiger partial charge in [0.15, 0.2) is 0 Å². The molecule has 1 fully saturated rings. The Bertz CT molecular complexity index is 397. The highest BCUT2D eigenvalue weighted by atomic mass is 16.5. The van der Waals surface area contributed by atoms with Crippen LogP contribution in [0.2, 0.25) is 0 Å². The van der Waals surface area contributed by atoms with Crippen molar-refractivity contribution in [3.63, 3.8) is 0 Å². The van der Waals surface area contributed by atoms with Gasteiger partial charge in [0, 0.05) is 29.7 Å². The average molecular weight is 235 g/mol. The molecule has 0 heterocycles. The molecule has 1 aromatic rings. The summed E-state index contributed by atoms with van der Waals surface area (Å²) in [5.74, 6) is 0.948. The van der Waals surface area contributed by atoms with E-state index in [4.69, 9.17) is 15.2 Å². The third kappa shape index (κ3) is 2.05. The van der Waals surface area contributed by atoms with E-state index in [9.17, 15) is 0 Å². The van der Waals surface area contributed by atoms with E-state index < -0.39 is 0 Å². The molecule has 2 rings (SSSR count). The highest BCUT2D eigenvalue weighted by molar-refractivity contribution is 5.49. The van der Waals surface area contributed by atoms with Crippen molar-refractivity contribution in [2.45, 2.75) is 37.8 Å². The van der Waals surface area contributed by atoms with Crippen molar-refractivity contribution in [2.75, 3.05) is 14.2 Å². The van der Waals surface area contributed by atoms with Gasteiger partial charge in [-0.2, -0.15) is 0 Å². The number of methoxy groups -OCH3 is 2. The highest BCUT2D eigenvalue weighted by Gasteiger charge is 2.49. The summed E-state index contributed by atoms with van der Waals surface area (Å²) in [5.41, 5.74) is 8.58. The molecule has 0 bridgehead atoms. The Morgan fingerprint density at radius 1 is 1.35 bits per heavy atom. The molecule has 1 saturated carbocycles. The molecule has 94 valence electrons. The van der Waals surface area contributed by atoms with Crippen molar-refractivity contribution >= 4 is 0 Å². The minimum Gasteiger partial charge on any atom is -0.496 e. The minimum atomic E-state index is 0.120. The summed E-state index contributed by atoms with van der Waals surface area (Å²) in [6.07, 6.45) is 2.30. The molecule has 0 aliphatic heterocycles. The van der Waals surface area contributed by atoms with Gasteiger partial charge >= 0.3 is 0 Å². The maximum Gasteiger partial charge on any atom is 0.128 e. The maximum atomic E-state index is 6.13. The lowest BCUT2D eigenvalue weighted by Gasteiger charge is -2.24. The second kappa shape index (κ2) is 4.67. The van der Waals surface area contributed by atoms with Crippen LogP contribution in [0.25, 0.3) is 0 Å². The van der Waals surface area contributed by atoms with Crippen molar-refractivity contribution in [2.24, 2.45) is 5.73 Å². The number of nitrogens with two attached hydrogens (primary N) is 1. The van der Waals surface area contributed by atoms with Crippen LogP contribution in [0.3, 0.4) is 0 Å². The SMILES string of the molecule is COCc1cccc(C2(C(C)N)CC2)c1OC. The number of para-hydroxylation sites is 1. The van der Waals surface area contributed by atoms with Gasteiger partial charge in [-0.15, -0.1) is 0 Å². The van der Waals surface area contributed by atoms with Gasteiger partial charge in [-0.3, -0.25) is 0 Å².